The average molecular weight is 189 g/mol. The van der Waals surface area contributed by atoms with Crippen LogP contribution in [0.25, 0.3) is 0 Å². The molecule has 0 rings (SSSR count). The summed E-state index contributed by atoms with van der Waals surface area (Å²) in [6.45, 7) is 1.95. The van der Waals surface area contributed by atoms with Crippen LogP contribution in [0.5, 0.6) is 0 Å². The SMILES string of the molecule is CCC(=O)N(CCO)CCC(=O)O. The Morgan fingerprint density at radius 2 is 1.92 bits per heavy atom. The Hall–Kier alpha value is -1.10. The zero-order valence-electron chi connectivity index (χ0n) is 7.69. The maximum Gasteiger partial charge on any atom is 0.305 e. The smallest absolute Gasteiger partial charge is 0.305 e. The van der Waals surface area contributed by atoms with Crippen LogP contribution < -0.4 is 0 Å². The fourth-order valence-corrected chi connectivity index (χ4v) is 0.936. The first-order chi connectivity index (χ1) is 6.11. The van der Waals surface area contributed by atoms with Crippen molar-refractivity contribution >= 4 is 11.9 Å². The highest BCUT2D eigenvalue weighted by atomic mass is 16.4. The zero-order valence-corrected chi connectivity index (χ0v) is 7.69. The number of carbonyl (C=O) groups excluding carboxylic acids is 1. The van der Waals surface area contributed by atoms with Crippen LogP contribution in [0.2, 0.25) is 0 Å². The fourth-order valence-electron chi connectivity index (χ4n) is 0.936. The Labute approximate surface area is 77.0 Å². The minimum Gasteiger partial charge on any atom is -0.481 e. The van der Waals surface area contributed by atoms with Crippen molar-refractivity contribution in [1.82, 2.24) is 4.90 Å². The molecule has 0 unspecified atom stereocenters. The number of carbonyl (C=O) groups is 2. The number of carboxylic acids is 1. The lowest BCUT2D eigenvalue weighted by Crippen LogP contribution is -2.34. The van der Waals surface area contributed by atoms with Crippen molar-refractivity contribution in [2.75, 3.05) is 19.7 Å². The first-order valence-corrected chi connectivity index (χ1v) is 4.22. The van der Waals surface area contributed by atoms with Crippen molar-refractivity contribution in [2.45, 2.75) is 19.8 Å². The van der Waals surface area contributed by atoms with Crippen LogP contribution in [0.1, 0.15) is 19.8 Å². The summed E-state index contributed by atoms with van der Waals surface area (Å²) in [4.78, 5) is 22.7. The van der Waals surface area contributed by atoms with Crippen molar-refractivity contribution in [3.63, 3.8) is 0 Å². The summed E-state index contributed by atoms with van der Waals surface area (Å²) in [5.41, 5.74) is 0. The van der Waals surface area contributed by atoms with Gasteiger partial charge in [0, 0.05) is 19.5 Å². The molecule has 0 aliphatic carbocycles. The fraction of sp³-hybridized carbons (Fsp3) is 0.750. The zero-order chi connectivity index (χ0) is 10.3. The molecular formula is C8H15NO4. The van der Waals surface area contributed by atoms with Crippen LogP contribution in [0.3, 0.4) is 0 Å². The Balaban J connectivity index is 3.93. The third kappa shape index (κ3) is 5.19. The summed E-state index contributed by atoms with van der Waals surface area (Å²) in [7, 11) is 0. The van der Waals surface area contributed by atoms with E-state index in [1.54, 1.807) is 6.92 Å². The third-order valence-electron chi connectivity index (χ3n) is 1.62. The lowest BCUT2D eigenvalue weighted by Gasteiger charge is -2.19. The average Bonchev–Trinajstić information content (AvgIpc) is 2.10. The minimum absolute atomic E-state index is 0.0776. The van der Waals surface area contributed by atoms with E-state index in [1.165, 1.54) is 4.90 Å². The number of hydrogen-bond acceptors (Lipinski definition) is 3. The van der Waals surface area contributed by atoms with Crippen molar-refractivity contribution in [3.05, 3.63) is 0 Å². The molecule has 13 heavy (non-hydrogen) atoms. The van der Waals surface area contributed by atoms with E-state index in [-0.39, 0.29) is 32.0 Å². The second-order valence-electron chi connectivity index (χ2n) is 2.60. The first-order valence-electron chi connectivity index (χ1n) is 4.22. The van der Waals surface area contributed by atoms with E-state index in [0.717, 1.165) is 0 Å². The number of amides is 1. The van der Waals surface area contributed by atoms with Crippen molar-refractivity contribution in [1.29, 1.82) is 0 Å². The maximum absolute atomic E-state index is 11.1. The van der Waals surface area contributed by atoms with Crippen molar-refractivity contribution in [2.24, 2.45) is 0 Å². The van der Waals surface area contributed by atoms with Crippen LogP contribution in [0.4, 0.5) is 0 Å². The topological polar surface area (TPSA) is 77.8 Å². The van der Waals surface area contributed by atoms with Gasteiger partial charge in [-0.15, -0.1) is 0 Å². The number of nitrogens with zero attached hydrogens (tertiary/aromatic N) is 1. The Morgan fingerprint density at radius 3 is 2.31 bits per heavy atom. The van der Waals surface area contributed by atoms with Gasteiger partial charge in [-0.1, -0.05) is 6.92 Å². The highest BCUT2D eigenvalue weighted by Crippen LogP contribution is 1.95. The highest BCUT2D eigenvalue weighted by Gasteiger charge is 2.11. The molecule has 1 amide bonds. The van der Waals surface area contributed by atoms with Gasteiger partial charge in [-0.25, -0.2) is 0 Å². The summed E-state index contributed by atoms with van der Waals surface area (Å²) >= 11 is 0. The van der Waals surface area contributed by atoms with E-state index in [2.05, 4.69) is 0 Å². The largest absolute Gasteiger partial charge is 0.481 e. The molecule has 0 saturated carbocycles. The molecular weight excluding hydrogens is 174 g/mol. The van der Waals surface area contributed by atoms with Gasteiger partial charge in [0.05, 0.1) is 13.0 Å². The molecule has 0 aliphatic heterocycles. The van der Waals surface area contributed by atoms with E-state index >= 15 is 0 Å². The number of aliphatic carboxylic acids is 1. The van der Waals surface area contributed by atoms with E-state index in [4.69, 9.17) is 10.2 Å². The molecule has 76 valence electrons. The number of aliphatic hydroxyl groups is 1. The predicted molar refractivity (Wildman–Crippen MR) is 46.2 cm³/mol. The summed E-state index contributed by atoms with van der Waals surface area (Å²) in [6, 6.07) is 0. The summed E-state index contributed by atoms with van der Waals surface area (Å²) < 4.78 is 0. The molecule has 0 saturated heterocycles. The Morgan fingerprint density at radius 1 is 1.31 bits per heavy atom. The highest BCUT2D eigenvalue weighted by molar-refractivity contribution is 5.76. The third-order valence-corrected chi connectivity index (χ3v) is 1.62. The van der Waals surface area contributed by atoms with E-state index in [9.17, 15) is 9.59 Å². The van der Waals surface area contributed by atoms with Crippen LogP contribution in [0, 0.1) is 0 Å². The minimum atomic E-state index is -0.938. The second-order valence-corrected chi connectivity index (χ2v) is 2.60. The second kappa shape index (κ2) is 6.42. The summed E-state index contributed by atoms with van der Waals surface area (Å²) in [5.74, 6) is -1.07. The van der Waals surface area contributed by atoms with Crippen molar-refractivity contribution < 1.29 is 19.8 Å². The van der Waals surface area contributed by atoms with Gasteiger partial charge in [0.1, 0.15) is 0 Å². The molecule has 0 aliphatic rings. The molecule has 0 heterocycles. The van der Waals surface area contributed by atoms with E-state index < -0.39 is 5.97 Å². The number of aliphatic hydroxyl groups excluding tert-OH is 1. The maximum atomic E-state index is 11.1. The van der Waals surface area contributed by atoms with Gasteiger partial charge in [0.2, 0.25) is 5.91 Å². The molecule has 0 aromatic rings. The normalized spacial score (nSPS) is 9.69. The number of hydrogen-bond donors (Lipinski definition) is 2. The monoisotopic (exact) mass is 189 g/mol. The number of rotatable bonds is 6. The lowest BCUT2D eigenvalue weighted by molar-refractivity contribution is -0.138. The van der Waals surface area contributed by atoms with Gasteiger partial charge in [-0.2, -0.15) is 0 Å². The van der Waals surface area contributed by atoms with Gasteiger partial charge in [-0.3, -0.25) is 9.59 Å². The molecule has 0 spiro atoms. The van der Waals surface area contributed by atoms with E-state index in [1.807, 2.05) is 0 Å². The van der Waals surface area contributed by atoms with Gasteiger partial charge in [-0.05, 0) is 0 Å². The molecule has 5 nitrogen and oxygen atoms in total. The molecule has 0 fully saturated rings. The summed E-state index contributed by atoms with van der Waals surface area (Å²) in [5, 5.41) is 17.0. The van der Waals surface area contributed by atoms with Gasteiger partial charge >= 0.3 is 5.97 Å². The summed E-state index contributed by atoms with van der Waals surface area (Å²) in [6.07, 6.45) is 0.255. The van der Waals surface area contributed by atoms with Gasteiger partial charge < -0.3 is 15.1 Å². The first kappa shape index (κ1) is 11.9. The van der Waals surface area contributed by atoms with Crippen LogP contribution in [-0.4, -0.2) is 46.7 Å². The molecule has 0 radical (unpaired) electrons. The van der Waals surface area contributed by atoms with Gasteiger partial charge in [0.25, 0.3) is 0 Å². The molecule has 5 heteroatoms. The van der Waals surface area contributed by atoms with Crippen LogP contribution in [-0.2, 0) is 9.59 Å². The molecule has 0 aromatic heterocycles. The standard InChI is InChI=1S/C8H15NO4/c1-2-7(11)9(5-6-10)4-3-8(12)13/h10H,2-6H2,1H3,(H,12,13). The molecule has 0 atom stereocenters. The quantitative estimate of drug-likeness (QED) is 0.601. The van der Waals surface area contributed by atoms with Crippen LogP contribution in [0.15, 0.2) is 0 Å². The van der Waals surface area contributed by atoms with Crippen LogP contribution >= 0.6 is 0 Å². The Kier molecular flexibility index (Phi) is 5.88. The molecule has 2 N–H and O–H groups in total. The van der Waals surface area contributed by atoms with Crippen molar-refractivity contribution in [3.8, 4) is 0 Å². The van der Waals surface area contributed by atoms with Gasteiger partial charge in [0.15, 0.2) is 0 Å². The Bertz CT molecular complexity index is 181. The lowest BCUT2D eigenvalue weighted by atomic mass is 10.3. The van der Waals surface area contributed by atoms with E-state index in [0.29, 0.717) is 6.42 Å². The number of carboxylic acid groups (broad SMARTS) is 1. The molecule has 0 bridgehead atoms. The predicted octanol–water partition coefficient (Wildman–Crippen LogP) is -0.308. The molecule has 0 aromatic carbocycles.